The van der Waals surface area contributed by atoms with E-state index in [0.29, 0.717) is 33.0 Å². The molecule has 146 valence electrons. The number of hydrogen-bond donors (Lipinski definition) is 2. The molecule has 0 amide bonds. The van der Waals surface area contributed by atoms with Gasteiger partial charge in [0, 0.05) is 18.2 Å². The summed E-state index contributed by atoms with van der Waals surface area (Å²) < 4.78 is 29.2. The predicted octanol–water partition coefficient (Wildman–Crippen LogP) is 3.50. The highest BCUT2D eigenvalue weighted by Gasteiger charge is 2.18. The zero-order valence-corrected chi connectivity index (χ0v) is 17.2. The summed E-state index contributed by atoms with van der Waals surface area (Å²) in [4.78, 5) is 4.59. The van der Waals surface area contributed by atoms with Crippen molar-refractivity contribution in [3.8, 4) is 22.6 Å². The molecule has 0 radical (unpaired) electrons. The van der Waals surface area contributed by atoms with Gasteiger partial charge in [-0.3, -0.25) is 5.21 Å². The van der Waals surface area contributed by atoms with Crippen LogP contribution in [0.4, 0.5) is 0 Å². The Morgan fingerprint density at radius 3 is 2.39 bits per heavy atom. The molecule has 1 aromatic heterocycles. The lowest BCUT2D eigenvalue weighted by Gasteiger charge is -2.08. The zero-order chi connectivity index (χ0) is 20.3. The first-order valence-corrected chi connectivity index (χ1v) is 11.0. The van der Waals surface area contributed by atoms with Crippen molar-refractivity contribution in [3.05, 3.63) is 60.5 Å². The Morgan fingerprint density at radius 2 is 1.82 bits per heavy atom. The highest BCUT2D eigenvalue weighted by molar-refractivity contribution is 8.22. The van der Waals surface area contributed by atoms with Crippen LogP contribution in [0.15, 0.2) is 63.9 Å². The topological polar surface area (TPSA) is 110 Å². The van der Waals surface area contributed by atoms with Crippen LogP contribution >= 0.6 is 24.0 Å². The summed E-state index contributed by atoms with van der Waals surface area (Å²) in [6.45, 7) is 0. The van der Waals surface area contributed by atoms with Crippen LogP contribution in [0.25, 0.3) is 22.6 Å². The molecule has 28 heavy (non-hydrogen) atoms. The summed E-state index contributed by atoms with van der Waals surface area (Å²) in [7, 11) is -2.33. The van der Waals surface area contributed by atoms with Crippen molar-refractivity contribution in [1.29, 1.82) is 0 Å². The normalized spacial score (nSPS) is 11.4. The minimum absolute atomic E-state index is 0.0177. The third kappa shape index (κ3) is 4.78. The maximum absolute atomic E-state index is 11.5. The molecule has 0 aliphatic carbocycles. The first-order valence-electron chi connectivity index (χ1n) is 8.03. The number of thiocarbonyl (C=S) groups is 1. The fourth-order valence-corrected chi connectivity index (χ4v) is 3.68. The Balaban J connectivity index is 2.00. The van der Waals surface area contributed by atoms with Crippen molar-refractivity contribution in [2.75, 3.05) is 7.05 Å². The summed E-state index contributed by atoms with van der Waals surface area (Å²) in [6, 6.07) is 15.6. The van der Waals surface area contributed by atoms with Crippen molar-refractivity contribution in [2.24, 2.45) is 5.14 Å². The highest BCUT2D eigenvalue weighted by Crippen LogP contribution is 2.34. The van der Waals surface area contributed by atoms with E-state index in [2.05, 4.69) is 4.98 Å². The predicted molar refractivity (Wildman–Crippen MR) is 112 cm³/mol. The average Bonchev–Trinajstić information content (AvgIpc) is 3.10. The maximum atomic E-state index is 11.5. The number of sulfonamides is 1. The molecule has 2 aromatic carbocycles. The molecule has 0 spiro atoms. The molecule has 0 saturated heterocycles. The minimum atomic E-state index is -3.78. The number of thioether (sulfide) groups is 1. The molecule has 1 heterocycles. The molecule has 7 nitrogen and oxygen atoms in total. The van der Waals surface area contributed by atoms with Crippen molar-refractivity contribution in [1.82, 2.24) is 10.0 Å². The van der Waals surface area contributed by atoms with Crippen LogP contribution in [0.5, 0.6) is 0 Å². The lowest BCUT2D eigenvalue weighted by atomic mass is 10.1. The van der Waals surface area contributed by atoms with Crippen LogP contribution in [0, 0.1) is 0 Å². The molecule has 0 saturated carbocycles. The van der Waals surface area contributed by atoms with Crippen LogP contribution in [0.1, 0.15) is 5.89 Å². The summed E-state index contributed by atoms with van der Waals surface area (Å²) >= 11 is 6.26. The van der Waals surface area contributed by atoms with Gasteiger partial charge in [0.1, 0.15) is 5.69 Å². The Morgan fingerprint density at radius 1 is 1.18 bits per heavy atom. The summed E-state index contributed by atoms with van der Waals surface area (Å²) in [5, 5.41) is 15.4. The largest absolute Gasteiger partial charge is 0.439 e. The van der Waals surface area contributed by atoms with E-state index in [0.717, 1.165) is 10.6 Å². The van der Waals surface area contributed by atoms with Crippen LogP contribution in [0.3, 0.4) is 0 Å². The van der Waals surface area contributed by atoms with Gasteiger partial charge in [0.05, 0.1) is 10.6 Å². The Labute approximate surface area is 172 Å². The van der Waals surface area contributed by atoms with E-state index < -0.39 is 10.0 Å². The van der Waals surface area contributed by atoms with E-state index in [-0.39, 0.29) is 4.90 Å². The van der Waals surface area contributed by atoms with Crippen LogP contribution in [0.2, 0.25) is 0 Å². The minimum Gasteiger partial charge on any atom is -0.439 e. The van der Waals surface area contributed by atoms with E-state index in [1.54, 1.807) is 12.1 Å². The second-order valence-corrected chi connectivity index (χ2v) is 8.97. The van der Waals surface area contributed by atoms with Gasteiger partial charge in [-0.15, -0.1) is 0 Å². The van der Waals surface area contributed by atoms with Crippen molar-refractivity contribution >= 4 is 38.3 Å². The van der Waals surface area contributed by atoms with E-state index in [1.807, 2.05) is 30.3 Å². The number of nitrogens with zero attached hydrogens (tertiary/aromatic N) is 2. The van der Waals surface area contributed by atoms with Gasteiger partial charge in [0.2, 0.25) is 15.9 Å². The highest BCUT2D eigenvalue weighted by atomic mass is 32.2. The number of aromatic nitrogens is 1. The molecule has 10 heteroatoms. The number of oxazole rings is 1. The first kappa shape index (κ1) is 20.5. The lowest BCUT2D eigenvalue weighted by Crippen LogP contribution is -2.17. The Bertz CT molecular complexity index is 1080. The smallest absolute Gasteiger partial charge is 0.238 e. The monoisotopic (exact) mass is 435 g/mol. The van der Waals surface area contributed by atoms with Crippen molar-refractivity contribution in [3.63, 3.8) is 0 Å². The van der Waals surface area contributed by atoms with Gasteiger partial charge in [-0.2, -0.15) is 0 Å². The summed E-state index contributed by atoms with van der Waals surface area (Å²) in [6.07, 6.45) is 0. The third-order valence-electron chi connectivity index (χ3n) is 3.75. The molecule has 3 rings (SSSR count). The summed E-state index contributed by atoms with van der Waals surface area (Å²) in [5.74, 6) is 1.27. The van der Waals surface area contributed by atoms with Crippen molar-refractivity contribution in [2.45, 2.75) is 10.6 Å². The van der Waals surface area contributed by atoms with Gasteiger partial charge in [-0.05, 0) is 24.3 Å². The van der Waals surface area contributed by atoms with Gasteiger partial charge in [-0.1, -0.05) is 54.3 Å². The Hall–Kier alpha value is -2.24. The molecule has 0 bridgehead atoms. The number of benzene rings is 2. The molecular weight excluding hydrogens is 418 g/mol. The molecule has 0 fully saturated rings. The standard InChI is InChI=1S/C18H17N3O4S3/c1-21(22)18(26)27-11-15-20-16(12-5-3-2-4-6-12)17(25-15)13-7-9-14(10-8-13)28(19,23)24/h2-10,22H,11H2,1H3,(H2,19,23,24). The average molecular weight is 436 g/mol. The third-order valence-corrected chi connectivity index (χ3v) is 6.20. The fraction of sp³-hybridized carbons (Fsp3) is 0.111. The van der Waals surface area contributed by atoms with Crippen LogP contribution in [-0.4, -0.2) is 35.0 Å². The second-order valence-electron chi connectivity index (χ2n) is 5.80. The number of hydrogen-bond acceptors (Lipinski definition) is 7. The van der Waals surface area contributed by atoms with Gasteiger partial charge < -0.3 is 4.42 Å². The SMILES string of the molecule is CN(O)C(=S)SCc1nc(-c2ccccc2)c(-c2ccc(S(N)(=O)=O)cc2)o1. The number of primary sulfonamides is 1. The molecule has 0 unspecified atom stereocenters. The molecule has 0 aliphatic rings. The quantitative estimate of drug-likeness (QED) is 0.463. The van der Waals surface area contributed by atoms with Crippen LogP contribution in [-0.2, 0) is 15.8 Å². The van der Waals surface area contributed by atoms with E-state index in [1.165, 1.54) is 30.9 Å². The van der Waals surface area contributed by atoms with E-state index in [9.17, 15) is 13.6 Å². The van der Waals surface area contributed by atoms with Gasteiger partial charge in [0.15, 0.2) is 10.1 Å². The number of hydroxylamine groups is 2. The summed E-state index contributed by atoms with van der Waals surface area (Å²) in [5.41, 5.74) is 2.15. The van der Waals surface area contributed by atoms with Gasteiger partial charge in [-0.25, -0.2) is 23.6 Å². The lowest BCUT2D eigenvalue weighted by molar-refractivity contribution is 0.0205. The Kier molecular flexibility index (Phi) is 6.16. The van der Waals surface area contributed by atoms with Crippen LogP contribution < -0.4 is 5.14 Å². The molecule has 3 N–H and O–H groups in total. The zero-order valence-electron chi connectivity index (χ0n) is 14.8. The molecular formula is C18H17N3O4S3. The number of nitrogens with two attached hydrogens (primary N) is 1. The molecule has 3 aromatic rings. The van der Waals surface area contributed by atoms with Gasteiger partial charge in [0.25, 0.3) is 0 Å². The van der Waals surface area contributed by atoms with Crippen molar-refractivity contribution < 1.29 is 18.0 Å². The molecule has 0 aliphatic heterocycles. The number of rotatable bonds is 5. The first-order chi connectivity index (χ1) is 13.3. The fourth-order valence-electron chi connectivity index (χ4n) is 2.43. The maximum Gasteiger partial charge on any atom is 0.238 e. The molecule has 0 atom stereocenters. The second kappa shape index (κ2) is 8.41. The van der Waals surface area contributed by atoms with E-state index >= 15 is 0 Å². The van der Waals surface area contributed by atoms with E-state index in [4.69, 9.17) is 21.8 Å². The van der Waals surface area contributed by atoms with Gasteiger partial charge >= 0.3 is 0 Å².